The number of methoxy groups -OCH3 is 1. The van der Waals surface area contributed by atoms with Gasteiger partial charge in [0.15, 0.2) is 5.82 Å². The minimum atomic E-state index is 0.482. The maximum atomic E-state index is 5.79. The number of aromatic nitrogens is 2. The molecule has 0 fully saturated rings. The van der Waals surface area contributed by atoms with Crippen molar-refractivity contribution >= 4 is 5.82 Å². The summed E-state index contributed by atoms with van der Waals surface area (Å²) in [6.07, 6.45) is 1.48. The molecule has 21 heavy (non-hydrogen) atoms. The van der Waals surface area contributed by atoms with Crippen molar-refractivity contribution in [3.8, 4) is 11.6 Å². The van der Waals surface area contributed by atoms with Crippen LogP contribution in [0.3, 0.4) is 0 Å². The highest BCUT2D eigenvalue weighted by Gasteiger charge is 2.16. The van der Waals surface area contributed by atoms with E-state index in [1.165, 1.54) is 6.33 Å². The van der Waals surface area contributed by atoms with Crippen molar-refractivity contribution < 1.29 is 9.47 Å². The van der Waals surface area contributed by atoms with Gasteiger partial charge in [-0.05, 0) is 34.6 Å². The summed E-state index contributed by atoms with van der Waals surface area (Å²) in [6, 6.07) is 0.969. The summed E-state index contributed by atoms with van der Waals surface area (Å²) >= 11 is 0. The molecule has 1 N–H and O–H groups in total. The fourth-order valence-electron chi connectivity index (χ4n) is 2.30. The predicted octanol–water partition coefficient (Wildman–Crippen LogP) is 2.41. The van der Waals surface area contributed by atoms with Crippen LogP contribution in [-0.4, -0.2) is 53.8 Å². The number of hydrogen-bond donors (Lipinski definition) is 1. The highest BCUT2D eigenvalue weighted by Crippen LogP contribution is 2.30. The van der Waals surface area contributed by atoms with Gasteiger partial charge in [0, 0.05) is 25.2 Å². The van der Waals surface area contributed by atoms with Crippen LogP contribution in [0, 0.1) is 0 Å². The van der Waals surface area contributed by atoms with Crippen molar-refractivity contribution in [2.24, 2.45) is 0 Å². The minimum absolute atomic E-state index is 0.482. The van der Waals surface area contributed by atoms with E-state index < -0.39 is 0 Å². The monoisotopic (exact) mass is 296 g/mol. The quantitative estimate of drug-likeness (QED) is 0.755. The van der Waals surface area contributed by atoms with Crippen LogP contribution in [-0.2, 0) is 0 Å². The van der Waals surface area contributed by atoms with E-state index in [0.29, 0.717) is 36.1 Å². The normalized spacial score (nSPS) is 11.3. The SMILES string of the molecule is CCNc1ncnc(OCCN(C(C)C)C(C)C)c1OC. The van der Waals surface area contributed by atoms with Gasteiger partial charge in [0.2, 0.25) is 5.75 Å². The molecule has 6 nitrogen and oxygen atoms in total. The Hall–Kier alpha value is -1.56. The number of nitrogens with zero attached hydrogens (tertiary/aromatic N) is 3. The summed E-state index contributed by atoms with van der Waals surface area (Å²) in [5.74, 6) is 1.70. The third-order valence-corrected chi connectivity index (χ3v) is 3.23. The zero-order valence-corrected chi connectivity index (χ0v) is 14.0. The molecule has 0 aliphatic carbocycles. The summed E-state index contributed by atoms with van der Waals surface area (Å²) in [6.45, 7) is 12.9. The molecule has 120 valence electrons. The van der Waals surface area contributed by atoms with E-state index in [2.05, 4.69) is 47.9 Å². The fraction of sp³-hybridized carbons (Fsp3) is 0.733. The average molecular weight is 296 g/mol. The van der Waals surface area contributed by atoms with Gasteiger partial charge in [-0.2, -0.15) is 4.98 Å². The van der Waals surface area contributed by atoms with Crippen LogP contribution in [0.4, 0.5) is 5.82 Å². The average Bonchev–Trinajstić information content (AvgIpc) is 2.43. The van der Waals surface area contributed by atoms with Gasteiger partial charge in [-0.15, -0.1) is 0 Å². The van der Waals surface area contributed by atoms with Crippen molar-refractivity contribution in [3.05, 3.63) is 6.33 Å². The van der Waals surface area contributed by atoms with Gasteiger partial charge in [-0.3, -0.25) is 4.90 Å². The molecular weight excluding hydrogens is 268 g/mol. The Morgan fingerprint density at radius 1 is 1.19 bits per heavy atom. The molecule has 0 unspecified atom stereocenters. The zero-order valence-electron chi connectivity index (χ0n) is 14.0. The topological polar surface area (TPSA) is 59.5 Å². The van der Waals surface area contributed by atoms with Gasteiger partial charge in [0.1, 0.15) is 12.9 Å². The van der Waals surface area contributed by atoms with Crippen LogP contribution in [0.5, 0.6) is 11.6 Å². The van der Waals surface area contributed by atoms with E-state index >= 15 is 0 Å². The summed E-state index contributed by atoms with van der Waals surface area (Å²) in [7, 11) is 1.60. The highest BCUT2D eigenvalue weighted by atomic mass is 16.5. The second-order valence-corrected chi connectivity index (χ2v) is 5.36. The van der Waals surface area contributed by atoms with Crippen molar-refractivity contribution in [3.63, 3.8) is 0 Å². The third kappa shape index (κ3) is 5.04. The van der Waals surface area contributed by atoms with Gasteiger partial charge < -0.3 is 14.8 Å². The molecule has 0 bridgehead atoms. The molecule has 0 saturated carbocycles. The predicted molar refractivity (Wildman–Crippen MR) is 85.2 cm³/mol. The highest BCUT2D eigenvalue weighted by molar-refractivity contribution is 5.54. The number of rotatable bonds is 9. The maximum absolute atomic E-state index is 5.79. The Kier molecular flexibility index (Phi) is 7.22. The molecule has 0 aromatic carbocycles. The lowest BCUT2D eigenvalue weighted by Crippen LogP contribution is -2.39. The molecule has 6 heteroatoms. The first-order valence-electron chi connectivity index (χ1n) is 7.52. The van der Waals surface area contributed by atoms with Crippen LogP contribution in [0.1, 0.15) is 34.6 Å². The lowest BCUT2D eigenvalue weighted by Gasteiger charge is -2.30. The molecule has 0 atom stereocenters. The van der Waals surface area contributed by atoms with Crippen molar-refractivity contribution in [1.29, 1.82) is 0 Å². The molecule has 0 saturated heterocycles. The van der Waals surface area contributed by atoms with E-state index in [1.54, 1.807) is 7.11 Å². The summed E-state index contributed by atoms with van der Waals surface area (Å²) < 4.78 is 11.1. The Bertz CT molecular complexity index is 416. The van der Waals surface area contributed by atoms with Gasteiger partial charge in [0.25, 0.3) is 5.88 Å². The van der Waals surface area contributed by atoms with Crippen molar-refractivity contribution in [2.75, 3.05) is 32.1 Å². The lowest BCUT2D eigenvalue weighted by atomic mass is 10.2. The van der Waals surface area contributed by atoms with E-state index in [1.807, 2.05) is 6.92 Å². The summed E-state index contributed by atoms with van der Waals surface area (Å²) in [4.78, 5) is 10.7. The standard InChI is InChI=1S/C15H28N4O2/c1-7-16-14-13(20-6)15(18-10-17-14)21-9-8-19(11(2)3)12(4)5/h10-12H,7-9H2,1-6H3,(H,16,17,18). The summed E-state index contributed by atoms with van der Waals surface area (Å²) in [5.41, 5.74) is 0. The molecule has 0 radical (unpaired) electrons. The van der Waals surface area contributed by atoms with E-state index in [-0.39, 0.29) is 0 Å². The molecule has 1 aromatic rings. The maximum Gasteiger partial charge on any atom is 0.262 e. The third-order valence-electron chi connectivity index (χ3n) is 3.23. The van der Waals surface area contributed by atoms with Crippen LogP contribution < -0.4 is 14.8 Å². The second-order valence-electron chi connectivity index (χ2n) is 5.36. The number of nitrogens with one attached hydrogen (secondary N) is 1. The first kappa shape index (κ1) is 17.5. The van der Waals surface area contributed by atoms with E-state index in [9.17, 15) is 0 Å². The van der Waals surface area contributed by atoms with Crippen LogP contribution in [0.2, 0.25) is 0 Å². The Labute approximate surface area is 127 Å². The molecule has 1 rings (SSSR count). The first-order valence-corrected chi connectivity index (χ1v) is 7.52. The van der Waals surface area contributed by atoms with E-state index in [0.717, 1.165) is 13.1 Å². The molecule has 1 heterocycles. The zero-order chi connectivity index (χ0) is 15.8. The first-order chi connectivity index (χ1) is 10.0. The van der Waals surface area contributed by atoms with Gasteiger partial charge in [-0.1, -0.05) is 0 Å². The Morgan fingerprint density at radius 2 is 1.86 bits per heavy atom. The Balaban J connectivity index is 2.68. The van der Waals surface area contributed by atoms with Crippen LogP contribution in [0.15, 0.2) is 6.33 Å². The molecule has 0 aliphatic heterocycles. The van der Waals surface area contributed by atoms with Crippen LogP contribution >= 0.6 is 0 Å². The molecular formula is C15H28N4O2. The molecule has 0 aliphatic rings. The van der Waals surface area contributed by atoms with E-state index in [4.69, 9.17) is 9.47 Å². The Morgan fingerprint density at radius 3 is 2.38 bits per heavy atom. The summed E-state index contributed by atoms with van der Waals surface area (Å²) in [5, 5.41) is 3.14. The van der Waals surface area contributed by atoms with Gasteiger partial charge in [-0.25, -0.2) is 4.98 Å². The minimum Gasteiger partial charge on any atom is -0.489 e. The van der Waals surface area contributed by atoms with Gasteiger partial charge in [0.05, 0.1) is 7.11 Å². The van der Waals surface area contributed by atoms with Crippen molar-refractivity contribution in [1.82, 2.24) is 14.9 Å². The lowest BCUT2D eigenvalue weighted by molar-refractivity contribution is 0.138. The fourth-order valence-corrected chi connectivity index (χ4v) is 2.30. The van der Waals surface area contributed by atoms with Gasteiger partial charge >= 0.3 is 0 Å². The van der Waals surface area contributed by atoms with Crippen LogP contribution in [0.25, 0.3) is 0 Å². The molecule has 0 amide bonds. The van der Waals surface area contributed by atoms with Crippen molar-refractivity contribution in [2.45, 2.75) is 46.7 Å². The number of anilines is 1. The number of ether oxygens (including phenoxy) is 2. The number of hydrogen-bond acceptors (Lipinski definition) is 6. The molecule has 1 aromatic heterocycles. The largest absolute Gasteiger partial charge is 0.489 e. The molecule has 0 spiro atoms. The smallest absolute Gasteiger partial charge is 0.262 e. The second kappa shape index (κ2) is 8.67.